The van der Waals surface area contributed by atoms with Gasteiger partial charge in [-0.25, -0.2) is 14.2 Å². The van der Waals surface area contributed by atoms with Crippen molar-refractivity contribution in [3.05, 3.63) is 51.7 Å². The number of nitrogens with zero attached hydrogens (tertiary/aromatic N) is 1. The molecular formula is C14H7BrFNO3S. The molecule has 0 aliphatic heterocycles. The first-order valence-electron chi connectivity index (χ1n) is 5.79. The highest BCUT2D eigenvalue weighted by Gasteiger charge is 2.22. The van der Waals surface area contributed by atoms with E-state index in [9.17, 15) is 14.3 Å². The number of aromatic nitrogens is 1. The van der Waals surface area contributed by atoms with Crippen molar-refractivity contribution in [2.75, 3.05) is 0 Å². The summed E-state index contributed by atoms with van der Waals surface area (Å²) in [5.41, 5.74) is 0.0745. The molecule has 21 heavy (non-hydrogen) atoms. The summed E-state index contributed by atoms with van der Waals surface area (Å²) >= 11 is 4.55. The molecule has 3 aromatic rings. The molecule has 3 rings (SSSR count). The first-order chi connectivity index (χ1) is 10.0. The number of aromatic carboxylic acids is 1. The molecule has 1 N–H and O–H groups in total. The van der Waals surface area contributed by atoms with Gasteiger partial charge in [-0.15, -0.1) is 11.3 Å². The summed E-state index contributed by atoms with van der Waals surface area (Å²) < 4.78 is 19.5. The SMILES string of the molecule is O=C(O)c1nc(-c2cccs2)oc1-c1cc(F)cc(Br)c1. The van der Waals surface area contributed by atoms with Crippen LogP contribution in [0.3, 0.4) is 0 Å². The van der Waals surface area contributed by atoms with Crippen LogP contribution < -0.4 is 0 Å². The Labute approximate surface area is 131 Å². The van der Waals surface area contributed by atoms with Gasteiger partial charge in [-0.2, -0.15) is 0 Å². The third-order valence-corrected chi connectivity index (χ3v) is 4.00. The van der Waals surface area contributed by atoms with Crippen LogP contribution in [0.1, 0.15) is 10.5 Å². The van der Waals surface area contributed by atoms with E-state index >= 15 is 0 Å². The third-order valence-electron chi connectivity index (χ3n) is 2.69. The highest BCUT2D eigenvalue weighted by Crippen LogP contribution is 2.33. The molecular weight excluding hydrogens is 361 g/mol. The molecule has 0 aliphatic rings. The normalized spacial score (nSPS) is 10.8. The quantitative estimate of drug-likeness (QED) is 0.730. The topological polar surface area (TPSA) is 63.3 Å². The number of rotatable bonds is 3. The van der Waals surface area contributed by atoms with Gasteiger partial charge in [0.05, 0.1) is 4.88 Å². The van der Waals surface area contributed by atoms with E-state index in [1.54, 1.807) is 12.1 Å². The molecule has 0 saturated carbocycles. The van der Waals surface area contributed by atoms with Crippen molar-refractivity contribution in [2.24, 2.45) is 0 Å². The molecule has 106 valence electrons. The molecule has 4 nitrogen and oxygen atoms in total. The average molecular weight is 368 g/mol. The van der Waals surface area contributed by atoms with Crippen LogP contribution in [0.5, 0.6) is 0 Å². The van der Waals surface area contributed by atoms with Crippen molar-refractivity contribution < 1.29 is 18.7 Å². The Morgan fingerprint density at radius 1 is 1.38 bits per heavy atom. The monoisotopic (exact) mass is 367 g/mol. The van der Waals surface area contributed by atoms with E-state index in [-0.39, 0.29) is 17.3 Å². The predicted molar refractivity (Wildman–Crippen MR) is 79.9 cm³/mol. The second kappa shape index (κ2) is 5.42. The fraction of sp³-hybridized carbons (Fsp3) is 0. The number of carboxylic acid groups (broad SMARTS) is 1. The zero-order valence-corrected chi connectivity index (χ0v) is 12.7. The van der Waals surface area contributed by atoms with Gasteiger partial charge in [-0.1, -0.05) is 22.0 Å². The number of thiophene rings is 1. The number of halogens is 2. The Kier molecular flexibility index (Phi) is 3.60. The summed E-state index contributed by atoms with van der Waals surface area (Å²) in [5, 5.41) is 11.1. The summed E-state index contributed by atoms with van der Waals surface area (Å²) in [7, 11) is 0. The van der Waals surface area contributed by atoms with E-state index in [4.69, 9.17) is 4.42 Å². The van der Waals surface area contributed by atoms with Crippen molar-refractivity contribution in [2.45, 2.75) is 0 Å². The summed E-state index contributed by atoms with van der Waals surface area (Å²) in [6.07, 6.45) is 0. The van der Waals surface area contributed by atoms with Crippen LogP contribution in [-0.2, 0) is 0 Å². The number of hydrogen-bond donors (Lipinski definition) is 1. The van der Waals surface area contributed by atoms with Gasteiger partial charge < -0.3 is 9.52 Å². The van der Waals surface area contributed by atoms with Gasteiger partial charge in [-0.3, -0.25) is 0 Å². The first-order valence-corrected chi connectivity index (χ1v) is 7.46. The maximum absolute atomic E-state index is 13.5. The lowest BCUT2D eigenvalue weighted by Crippen LogP contribution is -1.99. The van der Waals surface area contributed by atoms with E-state index in [1.165, 1.54) is 23.5 Å². The molecule has 0 spiro atoms. The van der Waals surface area contributed by atoms with Crippen LogP contribution in [0.4, 0.5) is 4.39 Å². The van der Waals surface area contributed by atoms with Crippen molar-refractivity contribution in [3.8, 4) is 22.1 Å². The number of carbonyl (C=O) groups is 1. The fourth-order valence-electron chi connectivity index (χ4n) is 1.85. The van der Waals surface area contributed by atoms with E-state index in [0.29, 0.717) is 14.9 Å². The maximum Gasteiger partial charge on any atom is 0.358 e. The van der Waals surface area contributed by atoms with E-state index in [2.05, 4.69) is 20.9 Å². The minimum absolute atomic E-state index is 0.0334. The molecule has 2 heterocycles. The van der Waals surface area contributed by atoms with Crippen LogP contribution >= 0.6 is 27.3 Å². The van der Waals surface area contributed by atoms with Gasteiger partial charge >= 0.3 is 5.97 Å². The van der Waals surface area contributed by atoms with E-state index in [1.807, 2.05) is 11.4 Å². The van der Waals surface area contributed by atoms with Gasteiger partial charge in [0.15, 0.2) is 11.5 Å². The molecule has 0 radical (unpaired) electrons. The van der Waals surface area contributed by atoms with E-state index < -0.39 is 11.8 Å². The minimum Gasteiger partial charge on any atom is -0.476 e. The Hall–Kier alpha value is -1.99. The molecule has 2 aromatic heterocycles. The molecule has 0 bridgehead atoms. The second-order valence-corrected chi connectivity index (χ2v) is 6.00. The lowest BCUT2D eigenvalue weighted by molar-refractivity contribution is 0.0691. The number of benzene rings is 1. The molecule has 7 heteroatoms. The molecule has 0 amide bonds. The van der Waals surface area contributed by atoms with Crippen LogP contribution in [0, 0.1) is 5.82 Å². The summed E-state index contributed by atoms with van der Waals surface area (Å²) in [6, 6.07) is 7.64. The van der Waals surface area contributed by atoms with E-state index in [0.717, 1.165) is 0 Å². The Bertz CT molecular complexity index is 793. The van der Waals surface area contributed by atoms with Crippen molar-refractivity contribution in [1.29, 1.82) is 0 Å². The van der Waals surface area contributed by atoms with Gasteiger partial charge in [0.25, 0.3) is 0 Å². The lowest BCUT2D eigenvalue weighted by atomic mass is 10.1. The van der Waals surface area contributed by atoms with Crippen LogP contribution in [0.2, 0.25) is 0 Å². The molecule has 0 aliphatic carbocycles. The molecule has 1 aromatic carbocycles. The van der Waals surface area contributed by atoms with Crippen molar-refractivity contribution in [3.63, 3.8) is 0 Å². The minimum atomic E-state index is -1.23. The highest BCUT2D eigenvalue weighted by atomic mass is 79.9. The van der Waals surface area contributed by atoms with Gasteiger partial charge in [0.1, 0.15) is 5.82 Å². The molecule has 0 saturated heterocycles. The third kappa shape index (κ3) is 2.74. The largest absolute Gasteiger partial charge is 0.476 e. The fourth-order valence-corrected chi connectivity index (χ4v) is 2.97. The van der Waals surface area contributed by atoms with Crippen LogP contribution in [-0.4, -0.2) is 16.1 Å². The Balaban J connectivity index is 2.19. The summed E-state index contributed by atoms with van der Waals surface area (Å²) in [4.78, 5) is 16.0. The smallest absolute Gasteiger partial charge is 0.358 e. The zero-order chi connectivity index (χ0) is 15.0. The average Bonchev–Trinajstić information content (AvgIpc) is 3.06. The lowest BCUT2D eigenvalue weighted by Gasteiger charge is -2.00. The number of hydrogen-bond acceptors (Lipinski definition) is 4. The highest BCUT2D eigenvalue weighted by molar-refractivity contribution is 9.10. The van der Waals surface area contributed by atoms with Gasteiger partial charge in [0.2, 0.25) is 5.89 Å². The standard InChI is InChI=1S/C14H7BrFNO3S/c15-8-4-7(5-9(16)6-8)12-11(14(18)19)17-13(20-12)10-2-1-3-21-10/h1-6H,(H,18,19). The molecule has 0 unspecified atom stereocenters. The van der Waals surface area contributed by atoms with Crippen molar-refractivity contribution >= 4 is 33.2 Å². The number of carboxylic acids is 1. The maximum atomic E-state index is 13.5. The Morgan fingerprint density at radius 3 is 2.81 bits per heavy atom. The first kappa shape index (κ1) is 14.0. The van der Waals surface area contributed by atoms with Crippen molar-refractivity contribution in [1.82, 2.24) is 4.98 Å². The van der Waals surface area contributed by atoms with Crippen LogP contribution in [0.15, 0.2) is 44.6 Å². The molecule has 0 fully saturated rings. The number of oxazole rings is 1. The Morgan fingerprint density at radius 2 is 2.19 bits per heavy atom. The van der Waals surface area contributed by atoms with Gasteiger partial charge in [-0.05, 0) is 29.6 Å². The second-order valence-electron chi connectivity index (χ2n) is 4.14. The summed E-state index contributed by atoms with van der Waals surface area (Å²) in [5.74, 6) is -1.48. The summed E-state index contributed by atoms with van der Waals surface area (Å²) in [6.45, 7) is 0. The zero-order valence-electron chi connectivity index (χ0n) is 10.3. The molecule has 0 atom stereocenters. The van der Waals surface area contributed by atoms with Gasteiger partial charge in [0, 0.05) is 10.0 Å². The predicted octanol–water partition coefficient (Wildman–Crippen LogP) is 4.67. The van der Waals surface area contributed by atoms with Crippen LogP contribution in [0.25, 0.3) is 22.1 Å².